The van der Waals surface area contributed by atoms with E-state index in [1.807, 2.05) is 0 Å². The molecule has 0 N–H and O–H groups in total. The molecule has 1 aliphatic heterocycles. The van der Waals surface area contributed by atoms with Crippen LogP contribution in [0.3, 0.4) is 0 Å². The molecule has 5 aromatic carbocycles. The number of aromatic nitrogens is 3. The van der Waals surface area contributed by atoms with E-state index < -0.39 is 10.0 Å². The Bertz CT molecular complexity index is 2310. The molecule has 0 bridgehead atoms. The second-order valence-corrected chi connectivity index (χ2v) is 16.2. The van der Waals surface area contributed by atoms with Gasteiger partial charge in [0.25, 0.3) is 0 Å². The van der Waals surface area contributed by atoms with Gasteiger partial charge in [0, 0.05) is 37.7 Å². The Kier molecular flexibility index (Phi) is 4.89. The summed E-state index contributed by atoms with van der Waals surface area (Å²) in [5, 5.41) is 2.36. The van der Waals surface area contributed by atoms with E-state index in [9.17, 15) is 0 Å². The Hall–Kier alpha value is -4.67. The zero-order valence-corrected chi connectivity index (χ0v) is 25.5. The maximum Gasteiger partial charge on any atom is 0.235 e. The quantitative estimate of drug-likeness (QED) is 0.206. The molecule has 3 heterocycles. The van der Waals surface area contributed by atoms with Gasteiger partial charge in [-0.15, -0.1) is 0 Å². The van der Waals surface area contributed by atoms with Gasteiger partial charge < -0.3 is 0 Å². The average molecular weight is 574 g/mol. The van der Waals surface area contributed by atoms with Crippen LogP contribution in [-0.2, 0) is 5.41 Å². The third kappa shape index (κ3) is 3.27. The second kappa shape index (κ2) is 8.46. The fourth-order valence-corrected chi connectivity index (χ4v) is 10.4. The van der Waals surface area contributed by atoms with Crippen molar-refractivity contribution in [1.82, 2.24) is 14.5 Å². The monoisotopic (exact) mass is 573 g/mol. The van der Waals surface area contributed by atoms with Crippen molar-refractivity contribution in [3.63, 3.8) is 0 Å². The SMILES string of the molecule is CC1(C)c2ccccc2-c2ccc(-c3nc(-n4ccc5c6c(ccc54)-c4ccccc4S6(C)C)nc4ccccc34)cc21. The first-order chi connectivity index (χ1) is 20.8. The molecule has 0 radical (unpaired) electrons. The average Bonchev–Trinajstić information content (AvgIpc) is 3.64. The van der Waals surface area contributed by atoms with E-state index >= 15 is 0 Å². The smallest absolute Gasteiger partial charge is 0.235 e. The molecular weight excluding hydrogens is 543 g/mol. The predicted octanol–water partition coefficient (Wildman–Crippen LogP) is 10.0. The molecule has 43 heavy (non-hydrogen) atoms. The molecule has 0 atom stereocenters. The summed E-state index contributed by atoms with van der Waals surface area (Å²) >= 11 is 0. The standard InChI is InChI=1S/C39H31N3S/c1-39(2)31-14-8-5-11-25(31)26-18-17-24(23-32(26)39)36-29-13-6-9-15-33(29)40-38(41-36)42-22-21-30-34(42)20-19-28-27-12-7-10-16-35(27)43(3,4)37(28)30/h5-23H,1-4H3. The van der Waals surface area contributed by atoms with Crippen LogP contribution in [0.2, 0.25) is 0 Å². The van der Waals surface area contributed by atoms with Crippen LogP contribution in [0.5, 0.6) is 0 Å². The van der Waals surface area contributed by atoms with E-state index in [0.717, 1.165) is 27.7 Å². The molecule has 0 spiro atoms. The molecular formula is C39H31N3S. The van der Waals surface area contributed by atoms with Crippen LogP contribution >= 0.6 is 10.0 Å². The van der Waals surface area contributed by atoms with Crippen molar-refractivity contribution in [3.05, 3.63) is 127 Å². The Morgan fingerprint density at radius 3 is 2.23 bits per heavy atom. The molecule has 0 unspecified atom stereocenters. The molecule has 3 nitrogen and oxygen atoms in total. The van der Waals surface area contributed by atoms with E-state index in [1.165, 1.54) is 48.6 Å². The summed E-state index contributed by atoms with van der Waals surface area (Å²) < 4.78 is 2.18. The number of hydrogen-bond donors (Lipinski definition) is 0. The van der Waals surface area contributed by atoms with Crippen LogP contribution in [0.25, 0.3) is 61.3 Å². The zero-order chi connectivity index (χ0) is 29.1. The highest BCUT2D eigenvalue weighted by Gasteiger charge is 2.36. The third-order valence-electron chi connectivity index (χ3n) is 9.72. The van der Waals surface area contributed by atoms with Gasteiger partial charge in [0.1, 0.15) is 0 Å². The summed E-state index contributed by atoms with van der Waals surface area (Å²) in [5.41, 5.74) is 12.2. The first-order valence-corrected chi connectivity index (χ1v) is 17.3. The number of benzene rings is 5. The van der Waals surface area contributed by atoms with Gasteiger partial charge in [-0.2, -0.15) is 10.0 Å². The normalized spacial score (nSPS) is 16.1. The molecule has 2 aliphatic rings. The molecule has 1 aliphatic carbocycles. The lowest BCUT2D eigenvalue weighted by molar-refractivity contribution is 0.660. The number of para-hydroxylation sites is 1. The zero-order valence-electron chi connectivity index (χ0n) is 24.7. The summed E-state index contributed by atoms with van der Waals surface area (Å²) in [4.78, 5) is 13.4. The van der Waals surface area contributed by atoms with Crippen LogP contribution in [-0.4, -0.2) is 27.0 Å². The van der Waals surface area contributed by atoms with Crippen LogP contribution in [0, 0.1) is 0 Å². The number of rotatable bonds is 2. The van der Waals surface area contributed by atoms with Crippen molar-refractivity contribution < 1.29 is 0 Å². The summed E-state index contributed by atoms with van der Waals surface area (Å²) in [6, 6.07) is 39.8. The first-order valence-electron chi connectivity index (χ1n) is 14.8. The Morgan fingerprint density at radius 2 is 1.35 bits per heavy atom. The fourth-order valence-electron chi connectivity index (χ4n) is 7.61. The third-order valence-corrected chi connectivity index (χ3v) is 12.6. The van der Waals surface area contributed by atoms with Gasteiger partial charge in [-0.05, 0) is 76.2 Å². The maximum atomic E-state index is 5.31. The Balaban J connectivity index is 1.25. The minimum Gasteiger partial charge on any atom is -0.285 e. The van der Waals surface area contributed by atoms with Crippen LogP contribution in [0.1, 0.15) is 25.0 Å². The maximum absolute atomic E-state index is 5.31. The summed E-state index contributed by atoms with van der Waals surface area (Å²) in [7, 11) is -1.14. The molecule has 2 aromatic heterocycles. The van der Waals surface area contributed by atoms with Crippen LogP contribution in [0.4, 0.5) is 0 Å². The summed E-state index contributed by atoms with van der Waals surface area (Å²) in [6.45, 7) is 4.66. The summed E-state index contributed by atoms with van der Waals surface area (Å²) in [5.74, 6) is 0.704. The number of fused-ring (bicyclic) bond motifs is 9. The van der Waals surface area contributed by atoms with E-state index in [4.69, 9.17) is 9.97 Å². The molecule has 0 fully saturated rings. The molecule has 7 aromatic rings. The van der Waals surface area contributed by atoms with E-state index in [1.54, 1.807) is 0 Å². The van der Waals surface area contributed by atoms with Gasteiger partial charge in [-0.25, -0.2) is 9.97 Å². The minimum atomic E-state index is -1.14. The highest BCUT2D eigenvalue weighted by atomic mass is 32.3. The predicted molar refractivity (Wildman–Crippen MR) is 181 cm³/mol. The molecule has 0 saturated carbocycles. The van der Waals surface area contributed by atoms with Gasteiger partial charge in [0.05, 0.1) is 16.7 Å². The Morgan fingerprint density at radius 1 is 0.628 bits per heavy atom. The van der Waals surface area contributed by atoms with Crippen molar-refractivity contribution in [3.8, 4) is 39.5 Å². The second-order valence-electron chi connectivity index (χ2n) is 12.7. The van der Waals surface area contributed by atoms with E-state index in [0.29, 0.717) is 5.95 Å². The van der Waals surface area contributed by atoms with Crippen LogP contribution < -0.4 is 0 Å². The van der Waals surface area contributed by atoms with Crippen molar-refractivity contribution in [2.45, 2.75) is 29.1 Å². The fraction of sp³-hybridized carbons (Fsp3) is 0.128. The lowest BCUT2D eigenvalue weighted by Crippen LogP contribution is -2.15. The van der Waals surface area contributed by atoms with Crippen molar-refractivity contribution in [1.29, 1.82) is 0 Å². The van der Waals surface area contributed by atoms with Crippen LogP contribution in [0.15, 0.2) is 125 Å². The summed E-state index contributed by atoms with van der Waals surface area (Å²) in [6.07, 6.45) is 7.00. The molecule has 0 saturated heterocycles. The van der Waals surface area contributed by atoms with Gasteiger partial charge in [-0.1, -0.05) is 92.7 Å². The largest absolute Gasteiger partial charge is 0.285 e. The molecule has 9 rings (SSSR count). The highest BCUT2D eigenvalue weighted by Crippen LogP contribution is 2.68. The van der Waals surface area contributed by atoms with Gasteiger partial charge in [0.15, 0.2) is 0 Å². The molecule has 208 valence electrons. The lowest BCUT2D eigenvalue weighted by Gasteiger charge is -2.28. The van der Waals surface area contributed by atoms with Gasteiger partial charge in [-0.3, -0.25) is 4.57 Å². The van der Waals surface area contributed by atoms with Crippen molar-refractivity contribution in [2.24, 2.45) is 0 Å². The lowest BCUT2D eigenvalue weighted by atomic mass is 9.82. The topological polar surface area (TPSA) is 30.7 Å². The van der Waals surface area contributed by atoms with Gasteiger partial charge in [0.2, 0.25) is 5.95 Å². The first kappa shape index (κ1) is 24.9. The van der Waals surface area contributed by atoms with E-state index in [-0.39, 0.29) is 5.41 Å². The van der Waals surface area contributed by atoms with Crippen molar-refractivity contribution >= 4 is 31.8 Å². The Labute approximate surface area is 253 Å². The molecule has 4 heteroatoms. The van der Waals surface area contributed by atoms with Gasteiger partial charge >= 0.3 is 0 Å². The number of hydrogen-bond acceptors (Lipinski definition) is 2. The minimum absolute atomic E-state index is 0.0721. The molecule has 0 amide bonds. The number of nitrogens with zero attached hydrogens (tertiary/aromatic N) is 3. The highest BCUT2D eigenvalue weighted by molar-refractivity contribution is 8.33. The van der Waals surface area contributed by atoms with Crippen molar-refractivity contribution in [2.75, 3.05) is 12.5 Å². The van der Waals surface area contributed by atoms with E-state index in [2.05, 4.69) is 146 Å².